The lowest BCUT2D eigenvalue weighted by molar-refractivity contribution is -0.121. The summed E-state index contributed by atoms with van der Waals surface area (Å²) >= 11 is 0. The Labute approximate surface area is 80.2 Å². The fourth-order valence-corrected chi connectivity index (χ4v) is 3.41. The minimum atomic E-state index is -0.0880. The molecule has 0 aromatic rings. The van der Waals surface area contributed by atoms with Gasteiger partial charge >= 0.3 is 0 Å². The van der Waals surface area contributed by atoms with Crippen LogP contribution >= 0.6 is 0 Å². The third kappa shape index (κ3) is 0.853. The van der Waals surface area contributed by atoms with Gasteiger partial charge in [0.2, 0.25) is 0 Å². The molecule has 13 heavy (non-hydrogen) atoms. The number of hydrogen-bond acceptors (Lipinski definition) is 1. The van der Waals surface area contributed by atoms with Gasteiger partial charge in [-0.25, -0.2) is 0 Å². The number of hydrogen-bond donors (Lipinski definition) is 0. The molecule has 2 aliphatic carbocycles. The van der Waals surface area contributed by atoms with E-state index in [-0.39, 0.29) is 10.8 Å². The predicted octanol–water partition coefficient (Wildman–Crippen LogP) is 2.96. The van der Waals surface area contributed by atoms with Crippen molar-refractivity contribution in [3.63, 3.8) is 0 Å². The average Bonchev–Trinajstić information content (AvgIpc) is 2.50. The van der Waals surface area contributed by atoms with Gasteiger partial charge in [0.25, 0.3) is 0 Å². The molecular weight excluding hydrogens is 160 g/mol. The van der Waals surface area contributed by atoms with Crippen LogP contribution in [0.5, 0.6) is 0 Å². The van der Waals surface area contributed by atoms with E-state index in [4.69, 9.17) is 0 Å². The topological polar surface area (TPSA) is 17.1 Å². The van der Waals surface area contributed by atoms with E-state index in [1.807, 2.05) is 0 Å². The molecule has 0 spiro atoms. The zero-order valence-electron chi connectivity index (χ0n) is 8.98. The maximum atomic E-state index is 11.7. The lowest BCUT2D eigenvalue weighted by atomic mass is 9.86. The van der Waals surface area contributed by atoms with Crippen molar-refractivity contribution in [3.05, 3.63) is 11.6 Å². The van der Waals surface area contributed by atoms with Gasteiger partial charge in [-0.1, -0.05) is 25.5 Å². The molecule has 1 saturated carbocycles. The fraction of sp³-hybridized carbons (Fsp3) is 0.750. The van der Waals surface area contributed by atoms with Gasteiger partial charge in [0.15, 0.2) is 0 Å². The van der Waals surface area contributed by atoms with E-state index >= 15 is 0 Å². The van der Waals surface area contributed by atoms with E-state index in [9.17, 15) is 4.79 Å². The molecule has 1 heteroatoms. The quantitative estimate of drug-likeness (QED) is 0.564. The van der Waals surface area contributed by atoms with Crippen molar-refractivity contribution in [2.24, 2.45) is 16.7 Å². The second-order valence-corrected chi connectivity index (χ2v) is 5.23. The van der Waals surface area contributed by atoms with Crippen LogP contribution < -0.4 is 0 Å². The summed E-state index contributed by atoms with van der Waals surface area (Å²) < 4.78 is 0. The van der Waals surface area contributed by atoms with Crippen LogP contribution in [-0.2, 0) is 4.79 Å². The van der Waals surface area contributed by atoms with Crippen LogP contribution in [0.1, 0.15) is 40.5 Å². The molecule has 2 unspecified atom stereocenters. The minimum Gasteiger partial charge on any atom is -0.299 e. The summed E-state index contributed by atoms with van der Waals surface area (Å²) in [6.07, 6.45) is 4.63. The van der Waals surface area contributed by atoms with Crippen molar-refractivity contribution in [1.29, 1.82) is 0 Å². The number of rotatable bonds is 1. The standard InChI is InChI=1S/C12H18O/c1-8-5-6-10-11(3,4)12(10,7-8)9(2)13/h7,10H,5-6H2,1-4H3. The third-order valence-corrected chi connectivity index (χ3v) is 4.29. The number of ketones is 1. The summed E-state index contributed by atoms with van der Waals surface area (Å²) in [4.78, 5) is 11.7. The lowest BCUT2D eigenvalue weighted by Crippen LogP contribution is -2.18. The average molecular weight is 178 g/mol. The van der Waals surface area contributed by atoms with Crippen LogP contribution in [0.15, 0.2) is 11.6 Å². The number of Topliss-reactive ketones (excluding diaryl/α,β-unsaturated/α-hetero) is 1. The first kappa shape index (κ1) is 8.98. The van der Waals surface area contributed by atoms with Crippen LogP contribution in [-0.4, -0.2) is 5.78 Å². The molecule has 0 aromatic heterocycles. The molecule has 1 nitrogen and oxygen atoms in total. The molecule has 0 aromatic carbocycles. The Balaban J connectivity index is 2.45. The van der Waals surface area contributed by atoms with Gasteiger partial charge in [-0.15, -0.1) is 0 Å². The van der Waals surface area contributed by atoms with Crippen LogP contribution in [0.3, 0.4) is 0 Å². The highest BCUT2D eigenvalue weighted by molar-refractivity contribution is 5.90. The molecule has 72 valence electrons. The second-order valence-electron chi connectivity index (χ2n) is 5.23. The van der Waals surface area contributed by atoms with E-state index in [0.717, 1.165) is 0 Å². The van der Waals surface area contributed by atoms with Crippen molar-refractivity contribution in [3.8, 4) is 0 Å². The summed E-state index contributed by atoms with van der Waals surface area (Å²) in [5, 5.41) is 0. The SMILES string of the molecule is CC(=O)C12C=C(C)CCC1C2(C)C. The van der Waals surface area contributed by atoms with Crippen LogP contribution in [0.2, 0.25) is 0 Å². The van der Waals surface area contributed by atoms with Gasteiger partial charge in [-0.05, 0) is 38.0 Å². The van der Waals surface area contributed by atoms with Crippen LogP contribution in [0, 0.1) is 16.7 Å². The maximum Gasteiger partial charge on any atom is 0.140 e. The molecule has 2 aliphatic rings. The van der Waals surface area contributed by atoms with Gasteiger partial charge < -0.3 is 0 Å². The van der Waals surface area contributed by atoms with Gasteiger partial charge in [0, 0.05) is 0 Å². The summed E-state index contributed by atoms with van der Waals surface area (Å²) in [6, 6.07) is 0. The summed E-state index contributed by atoms with van der Waals surface area (Å²) in [5.74, 6) is 0.975. The van der Waals surface area contributed by atoms with Crippen molar-refractivity contribution < 1.29 is 4.79 Å². The minimum absolute atomic E-state index is 0.0880. The van der Waals surface area contributed by atoms with Crippen LogP contribution in [0.25, 0.3) is 0 Å². The largest absolute Gasteiger partial charge is 0.299 e. The van der Waals surface area contributed by atoms with E-state index in [2.05, 4.69) is 26.8 Å². The van der Waals surface area contributed by atoms with Gasteiger partial charge in [-0.2, -0.15) is 0 Å². The maximum absolute atomic E-state index is 11.7. The number of allylic oxidation sites excluding steroid dienone is 2. The zero-order valence-corrected chi connectivity index (χ0v) is 8.98. The Morgan fingerprint density at radius 2 is 2.15 bits per heavy atom. The highest BCUT2D eigenvalue weighted by Gasteiger charge is 2.72. The molecule has 0 bridgehead atoms. The molecule has 0 N–H and O–H groups in total. The first-order chi connectivity index (χ1) is 5.93. The molecule has 2 atom stereocenters. The van der Waals surface area contributed by atoms with Gasteiger partial charge in [0.1, 0.15) is 5.78 Å². The molecule has 0 amide bonds. The Morgan fingerprint density at radius 1 is 1.54 bits per heavy atom. The number of carbonyl (C=O) groups is 1. The normalized spacial score (nSPS) is 40.6. The van der Waals surface area contributed by atoms with Crippen molar-refractivity contribution in [2.75, 3.05) is 0 Å². The molecule has 0 heterocycles. The third-order valence-electron chi connectivity index (χ3n) is 4.29. The molecule has 1 fully saturated rings. The summed E-state index contributed by atoms with van der Waals surface area (Å²) in [5.41, 5.74) is 1.53. The highest BCUT2D eigenvalue weighted by atomic mass is 16.1. The summed E-state index contributed by atoms with van der Waals surface area (Å²) in [6.45, 7) is 8.36. The number of fused-ring (bicyclic) bond motifs is 1. The predicted molar refractivity (Wildman–Crippen MR) is 53.4 cm³/mol. The first-order valence-corrected chi connectivity index (χ1v) is 5.12. The van der Waals surface area contributed by atoms with E-state index in [1.54, 1.807) is 6.92 Å². The first-order valence-electron chi connectivity index (χ1n) is 5.12. The lowest BCUT2D eigenvalue weighted by Gasteiger charge is -2.17. The van der Waals surface area contributed by atoms with E-state index < -0.39 is 0 Å². The second kappa shape index (κ2) is 2.26. The monoisotopic (exact) mass is 178 g/mol. The molecule has 0 saturated heterocycles. The van der Waals surface area contributed by atoms with E-state index in [1.165, 1.54) is 18.4 Å². The Kier molecular flexibility index (Phi) is 1.56. The fourth-order valence-electron chi connectivity index (χ4n) is 3.41. The Hall–Kier alpha value is -0.590. The Bertz CT molecular complexity index is 298. The number of carbonyl (C=O) groups excluding carboxylic acids is 1. The summed E-state index contributed by atoms with van der Waals surface area (Å²) in [7, 11) is 0. The zero-order chi connectivity index (χ0) is 9.85. The van der Waals surface area contributed by atoms with Crippen LogP contribution in [0.4, 0.5) is 0 Å². The van der Waals surface area contributed by atoms with Crippen molar-refractivity contribution >= 4 is 5.78 Å². The highest BCUT2D eigenvalue weighted by Crippen LogP contribution is 2.73. The molecule has 0 radical (unpaired) electrons. The Morgan fingerprint density at radius 3 is 2.62 bits per heavy atom. The van der Waals surface area contributed by atoms with Crippen molar-refractivity contribution in [1.82, 2.24) is 0 Å². The van der Waals surface area contributed by atoms with E-state index in [0.29, 0.717) is 11.7 Å². The van der Waals surface area contributed by atoms with Gasteiger partial charge in [-0.3, -0.25) is 4.79 Å². The molecular formula is C12H18O. The van der Waals surface area contributed by atoms with Crippen molar-refractivity contribution in [2.45, 2.75) is 40.5 Å². The molecule has 0 aliphatic heterocycles. The van der Waals surface area contributed by atoms with Gasteiger partial charge in [0.05, 0.1) is 5.41 Å². The smallest absolute Gasteiger partial charge is 0.140 e. The molecule has 2 rings (SSSR count).